The van der Waals surface area contributed by atoms with E-state index in [9.17, 15) is 0 Å². The van der Waals surface area contributed by atoms with E-state index < -0.39 is 0 Å². The quantitative estimate of drug-likeness (QED) is 0.154. The molecule has 5 heteroatoms. The van der Waals surface area contributed by atoms with Crippen molar-refractivity contribution in [1.82, 2.24) is 24.5 Å². The Bertz CT molecular complexity index is 3210. The van der Waals surface area contributed by atoms with E-state index in [4.69, 9.17) is 19.9 Å². The van der Waals surface area contributed by atoms with Gasteiger partial charge < -0.3 is 4.57 Å². The number of hydrogen-bond donors (Lipinski definition) is 0. The molecule has 0 spiro atoms. The van der Waals surface area contributed by atoms with Crippen LogP contribution in [0.1, 0.15) is 0 Å². The van der Waals surface area contributed by atoms with Crippen molar-refractivity contribution in [2.24, 2.45) is 0 Å². The number of aromatic nitrogens is 5. The molecule has 11 aromatic rings. The second-order valence-electron chi connectivity index (χ2n) is 15.1. The van der Waals surface area contributed by atoms with Crippen LogP contribution in [0.4, 0.5) is 0 Å². The molecule has 0 atom stereocenters. The summed E-state index contributed by atoms with van der Waals surface area (Å²) in [6.45, 7) is 0. The molecule has 3 aromatic heterocycles. The van der Waals surface area contributed by atoms with Crippen LogP contribution in [0.3, 0.4) is 0 Å². The van der Waals surface area contributed by atoms with Crippen LogP contribution in [0, 0.1) is 0 Å². The third kappa shape index (κ3) is 6.84. The normalized spacial score (nSPS) is 11.3. The molecule has 0 fully saturated rings. The average molecular weight is 780 g/mol. The molecule has 5 nitrogen and oxygen atoms in total. The van der Waals surface area contributed by atoms with Gasteiger partial charge in [-0.1, -0.05) is 176 Å². The predicted octanol–water partition coefficient (Wildman–Crippen LogP) is 14.0. The zero-order valence-corrected chi connectivity index (χ0v) is 33.1. The van der Waals surface area contributed by atoms with Crippen molar-refractivity contribution in [2.45, 2.75) is 0 Å². The molecule has 0 saturated carbocycles. The maximum absolute atomic E-state index is 5.38. The Morgan fingerprint density at radius 2 is 0.689 bits per heavy atom. The molecular formula is C56H37N5. The lowest BCUT2D eigenvalue weighted by Gasteiger charge is -2.17. The highest BCUT2D eigenvalue weighted by Crippen LogP contribution is 2.40. The second-order valence-corrected chi connectivity index (χ2v) is 15.1. The van der Waals surface area contributed by atoms with Crippen molar-refractivity contribution in [3.8, 4) is 84.6 Å². The van der Waals surface area contributed by atoms with Gasteiger partial charge in [0.2, 0.25) is 0 Å². The maximum Gasteiger partial charge on any atom is 0.160 e. The van der Waals surface area contributed by atoms with Crippen LogP contribution in [0.2, 0.25) is 0 Å². The fraction of sp³-hybridized carbons (Fsp3) is 0. The topological polar surface area (TPSA) is 56.5 Å². The zero-order valence-electron chi connectivity index (χ0n) is 33.1. The molecule has 0 unspecified atom stereocenters. The Morgan fingerprint density at radius 3 is 1.26 bits per heavy atom. The van der Waals surface area contributed by atoms with Gasteiger partial charge in [-0.05, 0) is 59.7 Å². The van der Waals surface area contributed by atoms with Gasteiger partial charge in [-0.3, -0.25) is 0 Å². The van der Waals surface area contributed by atoms with Crippen LogP contribution in [0.5, 0.6) is 0 Å². The molecule has 0 saturated heterocycles. The van der Waals surface area contributed by atoms with E-state index in [2.05, 4.69) is 168 Å². The lowest BCUT2D eigenvalue weighted by Crippen LogP contribution is -2.02. The molecule has 286 valence electrons. The van der Waals surface area contributed by atoms with Gasteiger partial charge in [0.05, 0.1) is 39.5 Å². The first-order valence-corrected chi connectivity index (χ1v) is 20.5. The van der Waals surface area contributed by atoms with Gasteiger partial charge in [0, 0.05) is 44.2 Å². The van der Waals surface area contributed by atoms with Gasteiger partial charge in [-0.2, -0.15) is 0 Å². The third-order valence-corrected chi connectivity index (χ3v) is 11.2. The monoisotopic (exact) mass is 779 g/mol. The summed E-state index contributed by atoms with van der Waals surface area (Å²) >= 11 is 0. The number of nitrogens with zero attached hydrogens (tertiary/aromatic N) is 5. The van der Waals surface area contributed by atoms with Crippen LogP contribution in [0.25, 0.3) is 106 Å². The maximum atomic E-state index is 5.38. The summed E-state index contributed by atoms with van der Waals surface area (Å²) in [5.74, 6) is 1.28. The van der Waals surface area contributed by atoms with E-state index >= 15 is 0 Å². The van der Waals surface area contributed by atoms with Crippen LogP contribution in [0.15, 0.2) is 224 Å². The number of rotatable bonds is 8. The number of para-hydroxylation sites is 1. The van der Waals surface area contributed by atoms with Crippen molar-refractivity contribution in [1.29, 1.82) is 0 Å². The Hall–Kier alpha value is -8.28. The van der Waals surface area contributed by atoms with Gasteiger partial charge in [0.25, 0.3) is 0 Å². The van der Waals surface area contributed by atoms with Crippen LogP contribution in [-0.2, 0) is 0 Å². The molecule has 11 rings (SSSR count). The Labute approximate surface area is 354 Å². The van der Waals surface area contributed by atoms with Gasteiger partial charge in [-0.25, -0.2) is 19.9 Å². The van der Waals surface area contributed by atoms with E-state index in [1.165, 1.54) is 21.9 Å². The predicted molar refractivity (Wildman–Crippen MR) is 250 cm³/mol. The van der Waals surface area contributed by atoms with E-state index in [-0.39, 0.29) is 0 Å². The minimum atomic E-state index is 0.628. The highest BCUT2D eigenvalue weighted by atomic mass is 15.0. The molecule has 61 heavy (non-hydrogen) atoms. The summed E-state index contributed by atoms with van der Waals surface area (Å²) in [7, 11) is 0. The number of benzene rings is 8. The summed E-state index contributed by atoms with van der Waals surface area (Å²) in [4.78, 5) is 21.0. The molecule has 0 amide bonds. The molecule has 0 radical (unpaired) electrons. The first-order chi connectivity index (χ1) is 30.2. The van der Waals surface area contributed by atoms with Crippen molar-refractivity contribution in [3.05, 3.63) is 224 Å². The minimum Gasteiger partial charge on any atom is -0.309 e. The largest absolute Gasteiger partial charge is 0.309 e. The summed E-state index contributed by atoms with van der Waals surface area (Å²) in [5.41, 5.74) is 14.7. The fourth-order valence-corrected chi connectivity index (χ4v) is 8.27. The summed E-state index contributed by atoms with van der Waals surface area (Å²) < 4.78 is 2.38. The molecular weight excluding hydrogens is 743 g/mol. The average Bonchev–Trinajstić information content (AvgIpc) is 3.68. The molecule has 8 aromatic carbocycles. The number of hydrogen-bond acceptors (Lipinski definition) is 4. The first kappa shape index (κ1) is 35.8. The van der Waals surface area contributed by atoms with Gasteiger partial charge in [0.1, 0.15) is 0 Å². The van der Waals surface area contributed by atoms with Crippen molar-refractivity contribution < 1.29 is 0 Å². The Kier molecular flexibility index (Phi) is 9.10. The molecule has 3 heterocycles. The van der Waals surface area contributed by atoms with Crippen LogP contribution >= 0.6 is 0 Å². The Balaban J connectivity index is 1.20. The summed E-state index contributed by atoms with van der Waals surface area (Å²) in [6, 6.07) is 77.9. The number of fused-ring (bicyclic) bond motifs is 3. The third-order valence-electron chi connectivity index (χ3n) is 11.2. The highest BCUT2D eigenvalue weighted by molar-refractivity contribution is 6.11. The van der Waals surface area contributed by atoms with Crippen molar-refractivity contribution >= 4 is 21.8 Å². The van der Waals surface area contributed by atoms with Gasteiger partial charge >= 0.3 is 0 Å². The van der Waals surface area contributed by atoms with E-state index in [0.29, 0.717) is 11.6 Å². The molecule has 0 N–H and O–H groups in total. The molecule has 0 aliphatic rings. The van der Waals surface area contributed by atoms with Crippen molar-refractivity contribution in [3.63, 3.8) is 0 Å². The minimum absolute atomic E-state index is 0.628. The van der Waals surface area contributed by atoms with E-state index in [1.54, 1.807) is 0 Å². The smallest absolute Gasteiger partial charge is 0.160 e. The Morgan fingerprint density at radius 1 is 0.262 bits per heavy atom. The standard InChI is InChI=1S/C56H37N5/c1-6-18-38(19-7-1)43-30-32-53-46(34-43)45-28-16-17-29-52(45)61(53)54-33-31-44(56-58-48(39-20-8-2-9-21-39)36-49(59-56)40-22-10-3-11-23-40)35-47(54)51-37-50(41-24-12-4-13-25-41)57-55(60-51)42-26-14-5-15-27-42/h1-37H. The second kappa shape index (κ2) is 15.5. The van der Waals surface area contributed by atoms with Crippen molar-refractivity contribution in [2.75, 3.05) is 0 Å². The van der Waals surface area contributed by atoms with Crippen LogP contribution in [-0.4, -0.2) is 24.5 Å². The zero-order chi connectivity index (χ0) is 40.5. The molecule has 0 bridgehead atoms. The van der Waals surface area contributed by atoms with Gasteiger partial charge in [-0.15, -0.1) is 0 Å². The fourth-order valence-electron chi connectivity index (χ4n) is 8.27. The lowest BCUT2D eigenvalue weighted by molar-refractivity contribution is 1.14. The first-order valence-electron chi connectivity index (χ1n) is 20.5. The summed E-state index contributed by atoms with van der Waals surface area (Å²) in [6.07, 6.45) is 0. The van der Waals surface area contributed by atoms with Crippen LogP contribution < -0.4 is 0 Å². The van der Waals surface area contributed by atoms with E-state index in [0.717, 1.165) is 72.9 Å². The molecule has 0 aliphatic heterocycles. The molecule has 0 aliphatic carbocycles. The highest BCUT2D eigenvalue weighted by Gasteiger charge is 2.21. The van der Waals surface area contributed by atoms with Gasteiger partial charge in [0.15, 0.2) is 11.6 Å². The summed E-state index contributed by atoms with van der Waals surface area (Å²) in [5, 5.41) is 2.35. The lowest BCUT2D eigenvalue weighted by atomic mass is 10.0. The SMILES string of the molecule is c1ccc(-c2ccc3c(c2)c2ccccc2n3-c2ccc(-c3nc(-c4ccccc4)cc(-c4ccccc4)n3)cc2-c2cc(-c3ccccc3)nc(-c3ccccc3)n2)cc1. The van der Waals surface area contributed by atoms with E-state index in [1.807, 2.05) is 60.7 Å².